The molecule has 0 bridgehead atoms. The van der Waals surface area contributed by atoms with Crippen LogP contribution in [0.25, 0.3) is 0 Å². The van der Waals surface area contributed by atoms with Crippen molar-refractivity contribution in [2.24, 2.45) is 0 Å². The molecule has 0 fully saturated rings. The number of hydrogen-bond acceptors (Lipinski definition) is 2. The molecule has 0 heterocycles. The van der Waals surface area contributed by atoms with Gasteiger partial charge >= 0.3 is 0 Å². The van der Waals surface area contributed by atoms with Gasteiger partial charge in [-0.3, -0.25) is 0 Å². The smallest absolute Gasteiger partial charge is 0.123 e. The molecule has 0 saturated carbocycles. The number of aryl methyl sites for hydroxylation is 2. The van der Waals surface area contributed by atoms with Crippen molar-refractivity contribution in [1.29, 1.82) is 0 Å². The van der Waals surface area contributed by atoms with E-state index in [1.165, 1.54) is 16.7 Å². The molecule has 2 nitrogen and oxygen atoms in total. The predicted octanol–water partition coefficient (Wildman–Crippen LogP) is 7.58. The standard InChI is InChI=1S/C15H24O.C7H8O.C4H8/c1-10-8-11(14(2,3)4)13(16)12(9-10)15(5,6)7;1-6-2-4-7(8)5-3-6;1-4(2)3/h8-9,16H,1-7H3;2-5,8H,1H3;1H2,2-3H3. The van der Waals surface area contributed by atoms with E-state index in [1.807, 2.05) is 32.9 Å². The second-order valence-corrected chi connectivity index (χ2v) is 9.75. The molecular weight excluding hydrogens is 344 g/mol. The van der Waals surface area contributed by atoms with E-state index in [4.69, 9.17) is 5.11 Å². The van der Waals surface area contributed by atoms with Crippen LogP contribution >= 0.6 is 0 Å². The van der Waals surface area contributed by atoms with Crippen molar-refractivity contribution in [2.45, 2.75) is 80.1 Å². The Morgan fingerprint density at radius 2 is 1.04 bits per heavy atom. The van der Waals surface area contributed by atoms with Crippen LogP contribution in [0.2, 0.25) is 0 Å². The molecule has 0 atom stereocenters. The molecule has 0 unspecified atom stereocenters. The highest BCUT2D eigenvalue weighted by atomic mass is 16.3. The maximum Gasteiger partial charge on any atom is 0.123 e. The monoisotopic (exact) mass is 384 g/mol. The van der Waals surface area contributed by atoms with Crippen molar-refractivity contribution in [2.75, 3.05) is 0 Å². The predicted molar refractivity (Wildman–Crippen MR) is 124 cm³/mol. The molecule has 2 aromatic rings. The molecule has 0 saturated heterocycles. The summed E-state index contributed by atoms with van der Waals surface area (Å²) in [6.07, 6.45) is 0. The zero-order valence-corrected chi connectivity index (χ0v) is 19.6. The lowest BCUT2D eigenvalue weighted by Gasteiger charge is -2.27. The first-order valence-corrected chi connectivity index (χ1v) is 9.78. The third-order valence-electron chi connectivity index (χ3n) is 3.90. The van der Waals surface area contributed by atoms with E-state index < -0.39 is 0 Å². The average molecular weight is 385 g/mol. The molecule has 2 rings (SSSR count). The van der Waals surface area contributed by atoms with Gasteiger partial charge in [0.05, 0.1) is 0 Å². The summed E-state index contributed by atoms with van der Waals surface area (Å²) in [6, 6.07) is 11.3. The number of allylic oxidation sites excluding steroid dienone is 1. The maximum atomic E-state index is 10.4. The van der Waals surface area contributed by atoms with Crippen LogP contribution in [0.1, 0.15) is 77.6 Å². The van der Waals surface area contributed by atoms with Crippen LogP contribution in [0.15, 0.2) is 48.6 Å². The van der Waals surface area contributed by atoms with Crippen LogP contribution in [0.4, 0.5) is 0 Å². The second kappa shape index (κ2) is 10.4. The Labute approximate surface area is 173 Å². The first-order chi connectivity index (χ1) is 12.6. The van der Waals surface area contributed by atoms with Crippen LogP contribution < -0.4 is 0 Å². The van der Waals surface area contributed by atoms with Crippen molar-refractivity contribution >= 4 is 0 Å². The molecule has 28 heavy (non-hydrogen) atoms. The Hall–Kier alpha value is -2.22. The maximum absolute atomic E-state index is 10.4. The van der Waals surface area contributed by atoms with E-state index in [2.05, 4.69) is 67.2 Å². The first kappa shape index (κ1) is 25.8. The molecule has 156 valence electrons. The fourth-order valence-electron chi connectivity index (χ4n) is 2.47. The number of aromatic hydroxyl groups is 2. The van der Waals surface area contributed by atoms with E-state index >= 15 is 0 Å². The van der Waals surface area contributed by atoms with E-state index in [1.54, 1.807) is 12.1 Å². The number of rotatable bonds is 0. The lowest BCUT2D eigenvalue weighted by Crippen LogP contribution is -2.17. The lowest BCUT2D eigenvalue weighted by molar-refractivity contribution is 0.423. The quantitative estimate of drug-likeness (QED) is 0.460. The third-order valence-corrected chi connectivity index (χ3v) is 3.90. The number of hydrogen-bond donors (Lipinski definition) is 2. The van der Waals surface area contributed by atoms with Gasteiger partial charge < -0.3 is 10.2 Å². The average Bonchev–Trinajstić information content (AvgIpc) is 2.50. The van der Waals surface area contributed by atoms with Crippen molar-refractivity contribution in [1.82, 2.24) is 0 Å². The summed E-state index contributed by atoms with van der Waals surface area (Å²) >= 11 is 0. The highest BCUT2D eigenvalue weighted by Gasteiger charge is 2.25. The Balaban J connectivity index is 0.000000502. The van der Waals surface area contributed by atoms with Gasteiger partial charge in [0.1, 0.15) is 11.5 Å². The SMILES string of the molecule is C=C(C)C.Cc1cc(C(C)(C)C)c(O)c(C(C)(C)C)c1.Cc1ccc(O)cc1. The van der Waals surface area contributed by atoms with Gasteiger partial charge in [0.15, 0.2) is 0 Å². The van der Waals surface area contributed by atoms with E-state index in [0.29, 0.717) is 11.5 Å². The molecule has 0 amide bonds. The molecule has 0 aliphatic carbocycles. The molecule has 2 aromatic carbocycles. The van der Waals surface area contributed by atoms with E-state index in [9.17, 15) is 5.11 Å². The Morgan fingerprint density at radius 1 is 0.714 bits per heavy atom. The van der Waals surface area contributed by atoms with Crippen LogP contribution in [0.5, 0.6) is 11.5 Å². The molecule has 0 aliphatic heterocycles. The van der Waals surface area contributed by atoms with Crippen LogP contribution in [0.3, 0.4) is 0 Å². The molecule has 0 aromatic heterocycles. The number of phenolic OH excluding ortho intramolecular Hbond substituents is 2. The van der Waals surface area contributed by atoms with Gasteiger partial charge in [-0.05, 0) is 61.8 Å². The minimum atomic E-state index is -0.0178. The molecule has 2 heteroatoms. The van der Waals surface area contributed by atoms with Gasteiger partial charge in [-0.1, -0.05) is 82.5 Å². The van der Waals surface area contributed by atoms with Gasteiger partial charge in [-0.15, -0.1) is 6.58 Å². The Bertz CT molecular complexity index is 694. The first-order valence-electron chi connectivity index (χ1n) is 9.78. The van der Waals surface area contributed by atoms with Gasteiger partial charge in [0, 0.05) is 0 Å². The summed E-state index contributed by atoms with van der Waals surface area (Å²) in [6.45, 7) is 24.4. The number of phenols is 2. The fourth-order valence-corrected chi connectivity index (χ4v) is 2.47. The van der Waals surface area contributed by atoms with Crippen LogP contribution in [-0.2, 0) is 10.8 Å². The highest BCUT2D eigenvalue weighted by Crippen LogP contribution is 2.39. The number of benzene rings is 2. The van der Waals surface area contributed by atoms with Crippen molar-refractivity contribution in [3.8, 4) is 11.5 Å². The summed E-state index contributed by atoms with van der Waals surface area (Å²) in [5, 5.41) is 19.1. The highest BCUT2D eigenvalue weighted by molar-refractivity contribution is 5.49. The second-order valence-electron chi connectivity index (χ2n) is 9.75. The topological polar surface area (TPSA) is 40.5 Å². The zero-order valence-electron chi connectivity index (χ0n) is 19.6. The van der Waals surface area contributed by atoms with Gasteiger partial charge in [0.25, 0.3) is 0 Å². The lowest BCUT2D eigenvalue weighted by atomic mass is 9.78. The van der Waals surface area contributed by atoms with Crippen LogP contribution in [-0.4, -0.2) is 10.2 Å². The normalized spacial score (nSPS) is 10.9. The third kappa shape index (κ3) is 9.64. The van der Waals surface area contributed by atoms with E-state index in [-0.39, 0.29) is 10.8 Å². The molecule has 2 N–H and O–H groups in total. The Morgan fingerprint density at radius 3 is 1.29 bits per heavy atom. The Kier molecular flexibility index (Phi) is 9.54. The summed E-state index contributed by atoms with van der Waals surface area (Å²) in [7, 11) is 0. The molecule has 0 aliphatic rings. The zero-order chi connectivity index (χ0) is 22.3. The van der Waals surface area contributed by atoms with E-state index in [0.717, 1.165) is 11.1 Å². The van der Waals surface area contributed by atoms with Crippen molar-refractivity contribution in [3.05, 3.63) is 70.8 Å². The molecular formula is C26H40O2. The molecule has 0 radical (unpaired) electrons. The van der Waals surface area contributed by atoms with Crippen molar-refractivity contribution in [3.63, 3.8) is 0 Å². The fraction of sp³-hybridized carbons (Fsp3) is 0.462. The molecule has 0 spiro atoms. The van der Waals surface area contributed by atoms with Gasteiger partial charge in [-0.2, -0.15) is 0 Å². The summed E-state index contributed by atoms with van der Waals surface area (Å²) < 4.78 is 0. The summed E-state index contributed by atoms with van der Waals surface area (Å²) in [5.74, 6) is 0.793. The van der Waals surface area contributed by atoms with Crippen LogP contribution in [0, 0.1) is 13.8 Å². The summed E-state index contributed by atoms with van der Waals surface area (Å²) in [5.41, 5.74) is 5.59. The van der Waals surface area contributed by atoms with Gasteiger partial charge in [-0.25, -0.2) is 0 Å². The van der Waals surface area contributed by atoms with Gasteiger partial charge in [0.2, 0.25) is 0 Å². The summed E-state index contributed by atoms with van der Waals surface area (Å²) in [4.78, 5) is 0. The minimum absolute atomic E-state index is 0.0178. The minimum Gasteiger partial charge on any atom is -0.508 e. The largest absolute Gasteiger partial charge is 0.508 e. The van der Waals surface area contributed by atoms with Crippen molar-refractivity contribution < 1.29 is 10.2 Å².